The van der Waals surface area contributed by atoms with Gasteiger partial charge in [0.1, 0.15) is 6.04 Å². The van der Waals surface area contributed by atoms with Crippen molar-refractivity contribution in [3.63, 3.8) is 0 Å². The summed E-state index contributed by atoms with van der Waals surface area (Å²) in [6.45, 7) is 0. The van der Waals surface area contributed by atoms with Gasteiger partial charge in [-0.05, 0) is 59.1 Å². The number of rotatable bonds is 8. The lowest BCUT2D eigenvalue weighted by atomic mass is 10.00. The van der Waals surface area contributed by atoms with E-state index >= 15 is 0 Å². The van der Waals surface area contributed by atoms with Crippen LogP contribution in [0.15, 0.2) is 69.8 Å². The first-order chi connectivity index (χ1) is 16.5. The Morgan fingerprint density at radius 3 is 2.44 bits per heavy atom. The average molecular weight is 527 g/mol. The molecule has 4 rings (SSSR count). The number of nitrogens with one attached hydrogen (secondary N) is 1. The van der Waals surface area contributed by atoms with Gasteiger partial charge in [-0.3, -0.25) is 14.5 Å². The number of carbonyl (C=O) groups excluding carboxylic acids is 2. The normalized spacial score (nSPS) is 14.4. The zero-order chi connectivity index (χ0) is 24.1. The molecule has 3 aromatic rings. The molecule has 0 unspecified atom stereocenters. The van der Waals surface area contributed by atoms with Gasteiger partial charge in [0.25, 0.3) is 5.91 Å². The molecule has 1 fully saturated rings. The fraction of sp³-hybridized carbons (Fsp3) is 0.308. The summed E-state index contributed by atoms with van der Waals surface area (Å²) < 4.78 is 17.3. The SMILES string of the molecule is COc1cccc([C@H](C(=O)NC2CCCC2)N(C(=O)c2ccco2)c2ccccc2Br)c1OC. The number of amides is 2. The van der Waals surface area contributed by atoms with E-state index in [9.17, 15) is 9.59 Å². The molecule has 7 nitrogen and oxygen atoms in total. The van der Waals surface area contributed by atoms with Crippen molar-refractivity contribution in [3.8, 4) is 11.5 Å². The van der Waals surface area contributed by atoms with Gasteiger partial charge in [0.05, 0.1) is 26.2 Å². The van der Waals surface area contributed by atoms with Gasteiger partial charge in [-0.1, -0.05) is 37.1 Å². The van der Waals surface area contributed by atoms with Crippen molar-refractivity contribution in [3.05, 3.63) is 76.7 Å². The molecule has 8 heteroatoms. The first kappa shape index (κ1) is 23.9. The third-order valence-corrected chi connectivity index (χ3v) is 6.67. The quantitative estimate of drug-likeness (QED) is 0.418. The summed E-state index contributed by atoms with van der Waals surface area (Å²) in [6.07, 6.45) is 5.39. The van der Waals surface area contributed by atoms with Crippen molar-refractivity contribution in [2.45, 2.75) is 37.8 Å². The largest absolute Gasteiger partial charge is 0.493 e. The van der Waals surface area contributed by atoms with Gasteiger partial charge >= 0.3 is 0 Å². The number of furan rings is 1. The zero-order valence-electron chi connectivity index (χ0n) is 19.1. The molecule has 0 radical (unpaired) electrons. The van der Waals surface area contributed by atoms with Gasteiger partial charge in [-0.25, -0.2) is 0 Å². The van der Waals surface area contributed by atoms with Crippen molar-refractivity contribution < 1.29 is 23.5 Å². The first-order valence-corrected chi connectivity index (χ1v) is 12.0. The van der Waals surface area contributed by atoms with Crippen molar-refractivity contribution >= 4 is 33.4 Å². The molecular weight excluding hydrogens is 500 g/mol. The highest BCUT2D eigenvalue weighted by molar-refractivity contribution is 9.10. The van der Waals surface area contributed by atoms with Gasteiger partial charge in [0, 0.05) is 16.1 Å². The third-order valence-electron chi connectivity index (χ3n) is 6.00. The lowest BCUT2D eigenvalue weighted by Gasteiger charge is -2.33. The molecule has 1 aromatic heterocycles. The minimum Gasteiger partial charge on any atom is -0.493 e. The summed E-state index contributed by atoms with van der Waals surface area (Å²) in [5.41, 5.74) is 1.04. The summed E-state index contributed by atoms with van der Waals surface area (Å²) in [5.74, 6) is 0.232. The second-order valence-electron chi connectivity index (χ2n) is 8.08. The van der Waals surface area contributed by atoms with E-state index in [4.69, 9.17) is 13.9 Å². The molecule has 0 saturated heterocycles. The third kappa shape index (κ3) is 4.82. The van der Waals surface area contributed by atoms with Crippen LogP contribution in [0.25, 0.3) is 0 Å². The molecule has 178 valence electrons. The summed E-state index contributed by atoms with van der Waals surface area (Å²) in [7, 11) is 3.05. The predicted molar refractivity (Wildman–Crippen MR) is 132 cm³/mol. The Kier molecular flexibility index (Phi) is 7.57. The van der Waals surface area contributed by atoms with E-state index in [1.807, 2.05) is 18.2 Å². The first-order valence-electron chi connectivity index (χ1n) is 11.2. The van der Waals surface area contributed by atoms with E-state index in [0.29, 0.717) is 27.2 Å². The maximum Gasteiger partial charge on any atom is 0.295 e. The minimum absolute atomic E-state index is 0.0615. The number of para-hydroxylation sites is 2. The van der Waals surface area contributed by atoms with Gasteiger partial charge in [0.15, 0.2) is 17.3 Å². The van der Waals surface area contributed by atoms with Gasteiger partial charge < -0.3 is 19.2 Å². The van der Waals surface area contributed by atoms with E-state index < -0.39 is 11.9 Å². The molecule has 1 atom stereocenters. The van der Waals surface area contributed by atoms with Crippen LogP contribution in [0.2, 0.25) is 0 Å². The Labute approximate surface area is 207 Å². The van der Waals surface area contributed by atoms with Crippen LogP contribution < -0.4 is 19.7 Å². The van der Waals surface area contributed by atoms with Crippen LogP contribution >= 0.6 is 15.9 Å². The minimum atomic E-state index is -1.04. The number of ether oxygens (including phenoxy) is 2. The van der Waals surface area contributed by atoms with Gasteiger partial charge in [0.2, 0.25) is 5.91 Å². The molecule has 1 aliphatic rings. The molecule has 2 aromatic carbocycles. The average Bonchev–Trinajstić information content (AvgIpc) is 3.57. The highest BCUT2D eigenvalue weighted by atomic mass is 79.9. The fourth-order valence-electron chi connectivity index (χ4n) is 4.41. The van der Waals surface area contributed by atoms with Crippen LogP contribution in [0.1, 0.15) is 47.8 Å². The monoisotopic (exact) mass is 526 g/mol. The number of halogens is 1. The lowest BCUT2D eigenvalue weighted by Crippen LogP contribution is -2.46. The van der Waals surface area contributed by atoms with E-state index in [1.54, 1.807) is 36.4 Å². The molecule has 1 heterocycles. The predicted octanol–water partition coefficient (Wildman–Crippen LogP) is 5.51. The Morgan fingerprint density at radius 1 is 1.03 bits per heavy atom. The molecule has 34 heavy (non-hydrogen) atoms. The molecular formula is C26H27BrN2O5. The number of hydrogen-bond acceptors (Lipinski definition) is 5. The molecule has 1 aliphatic carbocycles. The molecule has 0 spiro atoms. The summed E-state index contributed by atoms with van der Waals surface area (Å²) >= 11 is 3.56. The molecule has 0 aliphatic heterocycles. The van der Waals surface area contributed by atoms with Crippen molar-refractivity contribution in [1.82, 2.24) is 5.32 Å². The lowest BCUT2D eigenvalue weighted by molar-refractivity contribution is -0.123. The Hall–Kier alpha value is -3.26. The van der Waals surface area contributed by atoms with Gasteiger partial charge in [-0.2, -0.15) is 0 Å². The van der Waals surface area contributed by atoms with Crippen LogP contribution in [0.3, 0.4) is 0 Å². The Balaban J connectivity index is 1.90. The van der Waals surface area contributed by atoms with Crippen molar-refractivity contribution in [1.29, 1.82) is 0 Å². The van der Waals surface area contributed by atoms with Crippen LogP contribution in [0.5, 0.6) is 11.5 Å². The van der Waals surface area contributed by atoms with Crippen molar-refractivity contribution in [2.24, 2.45) is 0 Å². The Bertz CT molecular complexity index is 1140. The van der Waals surface area contributed by atoms with E-state index in [-0.39, 0.29) is 17.7 Å². The number of benzene rings is 2. The maximum absolute atomic E-state index is 13.9. The standard InChI is InChI=1S/C26H27BrN2O5/c1-32-21-14-7-11-18(24(21)33-2)23(25(30)28-17-9-3-4-10-17)29(20-13-6-5-12-19(20)27)26(31)22-15-8-16-34-22/h5-8,11-17,23H,3-4,9-10H2,1-2H3,(H,28,30)/t23-/m1/s1. The van der Waals surface area contributed by atoms with Crippen LogP contribution in [-0.4, -0.2) is 32.1 Å². The van der Waals surface area contributed by atoms with Gasteiger partial charge in [-0.15, -0.1) is 0 Å². The molecule has 1 N–H and O–H groups in total. The molecule has 0 bridgehead atoms. The summed E-state index contributed by atoms with van der Waals surface area (Å²) in [5, 5.41) is 3.16. The van der Waals surface area contributed by atoms with Crippen LogP contribution in [-0.2, 0) is 4.79 Å². The second kappa shape index (κ2) is 10.8. The maximum atomic E-state index is 13.9. The van der Waals surface area contributed by atoms with E-state index in [1.165, 1.54) is 25.4 Å². The number of methoxy groups -OCH3 is 2. The topological polar surface area (TPSA) is 81.0 Å². The second-order valence-corrected chi connectivity index (χ2v) is 8.93. The number of carbonyl (C=O) groups is 2. The highest BCUT2D eigenvalue weighted by Crippen LogP contribution is 2.41. The number of nitrogens with zero attached hydrogens (tertiary/aromatic N) is 1. The smallest absolute Gasteiger partial charge is 0.295 e. The number of hydrogen-bond donors (Lipinski definition) is 1. The van der Waals surface area contributed by atoms with Crippen LogP contribution in [0, 0.1) is 0 Å². The number of anilines is 1. The van der Waals surface area contributed by atoms with Crippen molar-refractivity contribution in [2.75, 3.05) is 19.1 Å². The van der Waals surface area contributed by atoms with E-state index in [0.717, 1.165) is 25.7 Å². The summed E-state index contributed by atoms with van der Waals surface area (Å²) in [6, 6.07) is 14.8. The Morgan fingerprint density at radius 2 is 1.79 bits per heavy atom. The molecule has 1 saturated carbocycles. The fourth-order valence-corrected chi connectivity index (χ4v) is 4.88. The summed E-state index contributed by atoms with van der Waals surface area (Å²) in [4.78, 5) is 29.2. The zero-order valence-corrected chi connectivity index (χ0v) is 20.7. The molecule has 2 amide bonds. The van der Waals surface area contributed by atoms with Crippen LogP contribution in [0.4, 0.5) is 5.69 Å². The van der Waals surface area contributed by atoms with E-state index in [2.05, 4.69) is 21.2 Å². The highest BCUT2D eigenvalue weighted by Gasteiger charge is 2.38.